The first-order chi connectivity index (χ1) is 15.6. The number of anilines is 2. The Kier molecular flexibility index (Phi) is 6.71. The third kappa shape index (κ3) is 5.46. The lowest BCUT2D eigenvalue weighted by atomic mass is 10.2. The topological polar surface area (TPSA) is 105 Å². The molecule has 1 saturated heterocycles. The van der Waals surface area contributed by atoms with Gasteiger partial charge in [0.2, 0.25) is 17.6 Å². The highest BCUT2D eigenvalue weighted by Gasteiger charge is 2.16. The van der Waals surface area contributed by atoms with Crippen LogP contribution in [0.1, 0.15) is 0 Å². The van der Waals surface area contributed by atoms with Crippen LogP contribution in [0.5, 0.6) is 0 Å². The smallest absolute Gasteiger partial charge is 0.246 e. The van der Waals surface area contributed by atoms with Gasteiger partial charge in [0.15, 0.2) is 0 Å². The Hall–Kier alpha value is -3.79. The third-order valence-electron chi connectivity index (χ3n) is 5.10. The van der Waals surface area contributed by atoms with Gasteiger partial charge in [-0.2, -0.15) is 4.80 Å². The molecule has 2 aromatic carbocycles. The first-order valence-corrected chi connectivity index (χ1v) is 10.4. The number of rotatable bonds is 7. The van der Waals surface area contributed by atoms with Crippen molar-refractivity contribution in [2.24, 2.45) is 0 Å². The van der Waals surface area contributed by atoms with Crippen molar-refractivity contribution in [1.82, 2.24) is 25.1 Å². The molecule has 0 aliphatic carbocycles. The Labute approximate surface area is 185 Å². The van der Waals surface area contributed by atoms with Crippen molar-refractivity contribution in [1.29, 1.82) is 0 Å². The molecule has 0 radical (unpaired) electrons. The van der Waals surface area contributed by atoms with Crippen LogP contribution in [-0.2, 0) is 20.9 Å². The summed E-state index contributed by atoms with van der Waals surface area (Å²) in [5, 5.41) is 15.0. The molecule has 1 N–H and O–H groups in total. The van der Waals surface area contributed by atoms with Crippen LogP contribution in [0.15, 0.2) is 54.6 Å². The zero-order valence-corrected chi connectivity index (χ0v) is 17.8. The van der Waals surface area contributed by atoms with Crippen molar-refractivity contribution < 1.29 is 14.3 Å². The third-order valence-corrected chi connectivity index (χ3v) is 5.10. The fraction of sp³-hybridized carbons (Fsp3) is 0.318. The van der Waals surface area contributed by atoms with Crippen molar-refractivity contribution in [3.63, 3.8) is 0 Å². The highest BCUT2D eigenvalue weighted by Crippen LogP contribution is 2.19. The fourth-order valence-corrected chi connectivity index (χ4v) is 3.34. The Morgan fingerprint density at radius 3 is 2.50 bits per heavy atom. The normalized spacial score (nSPS) is 13.6. The predicted molar refractivity (Wildman–Crippen MR) is 119 cm³/mol. The molecule has 0 atom stereocenters. The van der Waals surface area contributed by atoms with E-state index in [9.17, 15) is 9.59 Å². The summed E-state index contributed by atoms with van der Waals surface area (Å²) in [5.74, 6) is -0.129. The average molecular weight is 435 g/mol. The molecule has 1 aliphatic rings. The summed E-state index contributed by atoms with van der Waals surface area (Å²) in [6.07, 6.45) is 0. The number of nitrogens with zero attached hydrogens (tertiary/aromatic N) is 6. The van der Waals surface area contributed by atoms with Crippen LogP contribution in [0.2, 0.25) is 0 Å². The van der Waals surface area contributed by atoms with Crippen molar-refractivity contribution in [3.05, 3.63) is 54.6 Å². The van der Waals surface area contributed by atoms with E-state index in [-0.39, 0.29) is 24.9 Å². The summed E-state index contributed by atoms with van der Waals surface area (Å²) < 4.78 is 5.37. The van der Waals surface area contributed by atoms with Crippen molar-refractivity contribution in [3.8, 4) is 11.4 Å². The molecule has 1 fully saturated rings. The van der Waals surface area contributed by atoms with E-state index >= 15 is 0 Å². The minimum atomic E-state index is -0.292. The second-order valence-corrected chi connectivity index (χ2v) is 7.45. The lowest BCUT2D eigenvalue weighted by molar-refractivity contribution is -0.134. The van der Waals surface area contributed by atoms with E-state index in [0.717, 1.165) is 37.6 Å². The Balaban J connectivity index is 1.27. The monoisotopic (exact) mass is 435 g/mol. The van der Waals surface area contributed by atoms with E-state index in [1.165, 1.54) is 9.70 Å². The van der Waals surface area contributed by atoms with Gasteiger partial charge in [-0.05, 0) is 29.5 Å². The standard InChI is InChI=1S/C22H25N7O3/c1-27(21(31)16-29-25-22(24-26-29)17-5-3-2-4-6-17)15-20(30)23-18-7-9-19(10-8-18)28-11-13-32-14-12-28/h2-10H,11-16H2,1H3,(H,23,30). The summed E-state index contributed by atoms with van der Waals surface area (Å²) in [5.41, 5.74) is 2.59. The van der Waals surface area contributed by atoms with Crippen molar-refractivity contribution in [2.75, 3.05) is 50.1 Å². The number of morpholine rings is 1. The van der Waals surface area contributed by atoms with Crippen molar-refractivity contribution in [2.45, 2.75) is 6.54 Å². The number of carbonyl (C=O) groups is 2. The van der Waals surface area contributed by atoms with Gasteiger partial charge in [-0.3, -0.25) is 9.59 Å². The quantitative estimate of drug-likeness (QED) is 0.596. The number of hydrogen-bond acceptors (Lipinski definition) is 7. The van der Waals surface area contributed by atoms with Crippen LogP contribution in [0.3, 0.4) is 0 Å². The summed E-state index contributed by atoms with van der Waals surface area (Å²) in [7, 11) is 1.57. The van der Waals surface area contributed by atoms with Gasteiger partial charge in [-0.15, -0.1) is 10.2 Å². The van der Waals surface area contributed by atoms with E-state index < -0.39 is 0 Å². The minimum absolute atomic E-state index is 0.0791. The maximum Gasteiger partial charge on any atom is 0.246 e. The maximum atomic E-state index is 12.5. The van der Waals surface area contributed by atoms with Crippen LogP contribution >= 0.6 is 0 Å². The number of likely N-dealkylation sites (N-methyl/N-ethyl adjacent to an activating group) is 1. The molecule has 1 aliphatic heterocycles. The number of nitrogens with one attached hydrogen (secondary N) is 1. The molecule has 10 nitrogen and oxygen atoms in total. The lowest BCUT2D eigenvalue weighted by Crippen LogP contribution is -2.37. The zero-order valence-electron chi connectivity index (χ0n) is 17.8. The largest absolute Gasteiger partial charge is 0.378 e. The van der Waals surface area contributed by atoms with Gasteiger partial charge < -0.3 is 19.9 Å². The van der Waals surface area contributed by atoms with Crippen LogP contribution in [-0.4, -0.2) is 76.8 Å². The van der Waals surface area contributed by atoms with Gasteiger partial charge in [0, 0.05) is 37.1 Å². The number of tetrazole rings is 1. The molecule has 4 rings (SSSR count). The van der Waals surface area contributed by atoms with Crippen LogP contribution in [0.25, 0.3) is 11.4 Å². The summed E-state index contributed by atoms with van der Waals surface area (Å²) in [6, 6.07) is 17.0. The number of benzene rings is 2. The summed E-state index contributed by atoms with van der Waals surface area (Å²) in [6.45, 7) is 2.97. The molecule has 2 heterocycles. The number of amides is 2. The predicted octanol–water partition coefficient (Wildman–Crippen LogP) is 1.27. The van der Waals surface area contributed by atoms with E-state index in [0.29, 0.717) is 11.5 Å². The molecule has 0 bridgehead atoms. The molecular weight excluding hydrogens is 410 g/mol. The number of aromatic nitrogens is 4. The number of hydrogen-bond donors (Lipinski definition) is 1. The van der Waals surface area contributed by atoms with Gasteiger partial charge in [0.05, 0.1) is 19.8 Å². The highest BCUT2D eigenvalue weighted by atomic mass is 16.5. The van der Waals surface area contributed by atoms with Crippen LogP contribution < -0.4 is 10.2 Å². The summed E-state index contributed by atoms with van der Waals surface area (Å²) >= 11 is 0. The molecule has 1 aromatic heterocycles. The Bertz CT molecular complexity index is 1050. The average Bonchev–Trinajstić information content (AvgIpc) is 3.29. The Morgan fingerprint density at radius 1 is 1.06 bits per heavy atom. The van der Waals surface area contributed by atoms with E-state index in [1.807, 2.05) is 54.6 Å². The number of carbonyl (C=O) groups excluding carboxylic acids is 2. The van der Waals surface area contributed by atoms with E-state index in [2.05, 4.69) is 25.6 Å². The van der Waals surface area contributed by atoms with E-state index in [4.69, 9.17) is 4.74 Å². The van der Waals surface area contributed by atoms with E-state index in [1.54, 1.807) is 7.05 Å². The van der Waals surface area contributed by atoms with Crippen LogP contribution in [0.4, 0.5) is 11.4 Å². The second kappa shape index (κ2) is 10.0. The first kappa shape index (κ1) is 21.4. The molecule has 32 heavy (non-hydrogen) atoms. The van der Waals surface area contributed by atoms with Crippen LogP contribution in [0, 0.1) is 0 Å². The van der Waals surface area contributed by atoms with Gasteiger partial charge >= 0.3 is 0 Å². The lowest BCUT2D eigenvalue weighted by Gasteiger charge is -2.28. The van der Waals surface area contributed by atoms with Gasteiger partial charge in [-0.1, -0.05) is 30.3 Å². The molecular formula is C22H25N7O3. The molecule has 2 amide bonds. The minimum Gasteiger partial charge on any atom is -0.378 e. The zero-order chi connectivity index (χ0) is 22.3. The SMILES string of the molecule is CN(CC(=O)Nc1ccc(N2CCOCC2)cc1)C(=O)Cn1nnc(-c2ccccc2)n1. The molecule has 3 aromatic rings. The molecule has 10 heteroatoms. The van der Waals surface area contributed by atoms with Gasteiger partial charge in [0.25, 0.3) is 0 Å². The molecule has 0 spiro atoms. The Morgan fingerprint density at radius 2 is 1.78 bits per heavy atom. The number of ether oxygens (including phenoxy) is 1. The molecule has 166 valence electrons. The summed E-state index contributed by atoms with van der Waals surface area (Å²) in [4.78, 5) is 29.6. The fourth-order valence-electron chi connectivity index (χ4n) is 3.34. The molecule has 0 saturated carbocycles. The second-order valence-electron chi connectivity index (χ2n) is 7.45. The highest BCUT2D eigenvalue weighted by molar-refractivity contribution is 5.94. The first-order valence-electron chi connectivity index (χ1n) is 10.4. The van der Waals surface area contributed by atoms with Gasteiger partial charge in [-0.25, -0.2) is 0 Å². The maximum absolute atomic E-state index is 12.5. The van der Waals surface area contributed by atoms with Crippen molar-refractivity contribution >= 4 is 23.2 Å². The molecule has 0 unspecified atom stereocenters. The van der Waals surface area contributed by atoms with Gasteiger partial charge in [0.1, 0.15) is 6.54 Å².